The van der Waals surface area contributed by atoms with E-state index in [0.717, 1.165) is 4.47 Å². The molecule has 18 heavy (non-hydrogen) atoms. The van der Waals surface area contributed by atoms with Gasteiger partial charge in [-0.15, -0.1) is 0 Å². The van der Waals surface area contributed by atoms with E-state index >= 15 is 0 Å². The minimum Gasteiger partial charge on any atom is -0.313 e. The lowest BCUT2D eigenvalue weighted by atomic mass is 10.0. The van der Waals surface area contributed by atoms with Gasteiger partial charge in [-0.3, -0.25) is 4.79 Å². The fraction of sp³-hybridized carbons (Fsp3) is 0.545. The molecule has 0 bridgehead atoms. The van der Waals surface area contributed by atoms with Gasteiger partial charge in [0.05, 0.1) is 16.0 Å². The van der Waals surface area contributed by atoms with Crippen LogP contribution in [-0.2, 0) is 16.4 Å². The molecule has 4 nitrogen and oxygen atoms in total. The maximum absolute atomic E-state index is 11.9. The molecule has 0 saturated carbocycles. The zero-order valence-corrected chi connectivity index (χ0v) is 13.6. The molecule has 0 atom stereocenters. The predicted octanol–water partition coefficient (Wildman–Crippen LogP) is 2.20. The zero-order valence-electron chi connectivity index (χ0n) is 9.60. The summed E-state index contributed by atoms with van der Waals surface area (Å²) in [5, 5.41) is 0. The first-order valence-corrected chi connectivity index (χ1v) is 9.04. The fourth-order valence-corrected chi connectivity index (χ4v) is 4.95. The summed E-state index contributed by atoms with van der Waals surface area (Å²) < 4.78 is 25.7. The van der Waals surface area contributed by atoms with Crippen LogP contribution in [-0.4, -0.2) is 24.5 Å². The molecule has 0 unspecified atom stereocenters. The first kappa shape index (κ1) is 14.3. The van der Waals surface area contributed by atoms with E-state index in [1.54, 1.807) is 16.8 Å². The highest BCUT2D eigenvalue weighted by Gasteiger charge is 2.24. The van der Waals surface area contributed by atoms with Crippen LogP contribution < -0.4 is 5.56 Å². The lowest BCUT2D eigenvalue weighted by molar-refractivity contribution is 0.397. The van der Waals surface area contributed by atoms with Crippen molar-refractivity contribution in [3.63, 3.8) is 0 Å². The molecule has 1 saturated heterocycles. The molecule has 7 heteroatoms. The summed E-state index contributed by atoms with van der Waals surface area (Å²) in [5.41, 5.74) is -0.0772. The van der Waals surface area contributed by atoms with Gasteiger partial charge in [-0.1, -0.05) is 0 Å². The highest BCUT2D eigenvalue weighted by atomic mass is 79.9. The summed E-state index contributed by atoms with van der Waals surface area (Å²) in [6.07, 6.45) is 3.02. The number of hydrogen-bond acceptors (Lipinski definition) is 3. The SMILES string of the molecule is O=c1c(Br)cc(Br)cn1CC1CCS(=O)(=O)CC1. The zero-order chi connectivity index (χ0) is 13.3. The second-order valence-electron chi connectivity index (χ2n) is 4.56. The van der Waals surface area contributed by atoms with Crippen molar-refractivity contribution in [2.24, 2.45) is 5.92 Å². The molecule has 1 aliphatic rings. The molecule has 1 fully saturated rings. The average molecular weight is 399 g/mol. The predicted molar refractivity (Wildman–Crippen MR) is 77.5 cm³/mol. The Morgan fingerprint density at radius 1 is 1.28 bits per heavy atom. The number of hydrogen-bond donors (Lipinski definition) is 0. The standard InChI is InChI=1S/C11H13Br2NO3S/c12-9-5-10(13)11(15)14(7-9)6-8-1-3-18(16,17)4-2-8/h5,7-8H,1-4,6H2. The molecule has 0 radical (unpaired) electrons. The normalized spacial score (nSPS) is 19.9. The molecule has 1 aromatic rings. The molecule has 1 aromatic heterocycles. The van der Waals surface area contributed by atoms with Crippen molar-refractivity contribution < 1.29 is 8.42 Å². The van der Waals surface area contributed by atoms with E-state index < -0.39 is 9.84 Å². The van der Waals surface area contributed by atoms with E-state index in [0.29, 0.717) is 23.9 Å². The Balaban J connectivity index is 2.14. The number of rotatable bonds is 2. The Hall–Kier alpha value is -0.140. The quantitative estimate of drug-likeness (QED) is 0.767. The number of aromatic nitrogens is 1. The Kier molecular flexibility index (Phi) is 4.33. The maximum Gasteiger partial charge on any atom is 0.264 e. The minimum atomic E-state index is -2.84. The Morgan fingerprint density at radius 2 is 1.89 bits per heavy atom. The van der Waals surface area contributed by atoms with Crippen molar-refractivity contribution >= 4 is 41.7 Å². The van der Waals surface area contributed by atoms with E-state index in [1.165, 1.54) is 0 Å². The Labute approximate surface area is 123 Å². The molecule has 2 rings (SSSR count). The van der Waals surface area contributed by atoms with Gasteiger partial charge in [0.1, 0.15) is 9.84 Å². The van der Waals surface area contributed by atoms with Gasteiger partial charge < -0.3 is 4.57 Å². The van der Waals surface area contributed by atoms with Gasteiger partial charge in [0.15, 0.2) is 0 Å². The molecule has 0 aromatic carbocycles. The topological polar surface area (TPSA) is 56.1 Å². The number of pyridine rings is 1. The second kappa shape index (κ2) is 5.46. The summed E-state index contributed by atoms with van der Waals surface area (Å²) >= 11 is 6.56. The number of halogens is 2. The van der Waals surface area contributed by atoms with Crippen LogP contribution >= 0.6 is 31.9 Å². The highest BCUT2D eigenvalue weighted by Crippen LogP contribution is 2.21. The van der Waals surface area contributed by atoms with Gasteiger partial charge in [-0.25, -0.2) is 8.42 Å². The van der Waals surface area contributed by atoms with Crippen LogP contribution in [0, 0.1) is 5.92 Å². The van der Waals surface area contributed by atoms with Crippen LogP contribution in [0.25, 0.3) is 0 Å². The van der Waals surface area contributed by atoms with Crippen LogP contribution in [0.4, 0.5) is 0 Å². The lowest BCUT2D eigenvalue weighted by Gasteiger charge is -2.22. The average Bonchev–Trinajstić information content (AvgIpc) is 2.28. The monoisotopic (exact) mass is 397 g/mol. The summed E-state index contributed by atoms with van der Waals surface area (Å²) in [6.45, 7) is 0.576. The van der Waals surface area contributed by atoms with E-state index in [4.69, 9.17) is 0 Å². The van der Waals surface area contributed by atoms with Gasteiger partial charge in [-0.05, 0) is 56.7 Å². The van der Waals surface area contributed by atoms with Crippen molar-refractivity contribution in [3.8, 4) is 0 Å². The first-order chi connectivity index (χ1) is 8.37. The number of sulfone groups is 1. The Bertz CT molecular complexity index is 595. The first-order valence-electron chi connectivity index (χ1n) is 5.63. The van der Waals surface area contributed by atoms with Gasteiger partial charge in [0, 0.05) is 17.2 Å². The van der Waals surface area contributed by atoms with Gasteiger partial charge in [0.2, 0.25) is 0 Å². The molecular weight excluding hydrogens is 386 g/mol. The summed E-state index contributed by atoms with van der Waals surface area (Å²) in [6, 6.07) is 1.71. The fourth-order valence-electron chi connectivity index (χ4n) is 2.10. The summed E-state index contributed by atoms with van der Waals surface area (Å²) in [7, 11) is -2.84. The second-order valence-corrected chi connectivity index (χ2v) is 8.63. The highest BCUT2D eigenvalue weighted by molar-refractivity contribution is 9.11. The van der Waals surface area contributed by atoms with Crippen LogP contribution in [0.5, 0.6) is 0 Å². The van der Waals surface area contributed by atoms with Crippen LogP contribution in [0.1, 0.15) is 12.8 Å². The van der Waals surface area contributed by atoms with Crippen molar-refractivity contribution in [1.29, 1.82) is 0 Å². The van der Waals surface area contributed by atoms with Gasteiger partial charge in [-0.2, -0.15) is 0 Å². The molecule has 2 heterocycles. The van der Waals surface area contributed by atoms with E-state index in [-0.39, 0.29) is 23.0 Å². The molecular formula is C11H13Br2NO3S. The number of nitrogens with zero attached hydrogens (tertiary/aromatic N) is 1. The Morgan fingerprint density at radius 3 is 2.50 bits per heavy atom. The molecule has 0 N–H and O–H groups in total. The van der Waals surface area contributed by atoms with Crippen molar-refractivity contribution in [3.05, 3.63) is 31.6 Å². The van der Waals surface area contributed by atoms with Crippen molar-refractivity contribution in [2.75, 3.05) is 11.5 Å². The van der Waals surface area contributed by atoms with Crippen molar-refractivity contribution in [2.45, 2.75) is 19.4 Å². The molecule has 100 valence electrons. The van der Waals surface area contributed by atoms with E-state index in [1.807, 2.05) is 0 Å². The van der Waals surface area contributed by atoms with Gasteiger partial charge >= 0.3 is 0 Å². The third kappa shape index (κ3) is 3.45. The largest absolute Gasteiger partial charge is 0.313 e. The molecule has 0 spiro atoms. The maximum atomic E-state index is 11.9. The minimum absolute atomic E-state index is 0.0772. The van der Waals surface area contributed by atoms with Crippen LogP contribution in [0.2, 0.25) is 0 Å². The van der Waals surface area contributed by atoms with E-state index in [9.17, 15) is 13.2 Å². The third-order valence-corrected chi connectivity index (χ3v) is 5.86. The molecule has 1 aliphatic heterocycles. The van der Waals surface area contributed by atoms with Crippen LogP contribution in [0.15, 0.2) is 26.0 Å². The summed E-state index contributed by atoms with van der Waals surface area (Å²) in [5.74, 6) is 0.732. The van der Waals surface area contributed by atoms with Crippen molar-refractivity contribution in [1.82, 2.24) is 4.57 Å². The van der Waals surface area contributed by atoms with Gasteiger partial charge in [0.25, 0.3) is 5.56 Å². The lowest BCUT2D eigenvalue weighted by Crippen LogP contribution is -2.30. The summed E-state index contributed by atoms with van der Waals surface area (Å²) in [4.78, 5) is 11.9. The van der Waals surface area contributed by atoms with Crippen LogP contribution in [0.3, 0.4) is 0 Å². The van der Waals surface area contributed by atoms with E-state index in [2.05, 4.69) is 31.9 Å². The third-order valence-electron chi connectivity index (χ3n) is 3.14. The molecule has 0 amide bonds. The smallest absolute Gasteiger partial charge is 0.264 e. The molecule has 0 aliphatic carbocycles.